The number of methoxy groups -OCH3 is 2. The maximum absolute atomic E-state index is 10.4. The van der Waals surface area contributed by atoms with E-state index < -0.39 is 17.8 Å². The number of aliphatic hydroxyl groups excluding tert-OH is 1. The summed E-state index contributed by atoms with van der Waals surface area (Å²) in [5.74, 6) is 0. The van der Waals surface area contributed by atoms with Gasteiger partial charge in [-0.05, 0) is 19.8 Å². The van der Waals surface area contributed by atoms with Crippen LogP contribution in [0.25, 0.3) is 0 Å². The van der Waals surface area contributed by atoms with Crippen molar-refractivity contribution in [3.05, 3.63) is 11.6 Å². The minimum Gasteiger partial charge on any atom is -0.387 e. The minimum absolute atomic E-state index is 0.150. The first kappa shape index (κ1) is 14.0. The summed E-state index contributed by atoms with van der Waals surface area (Å²) in [5.41, 5.74) is 0.866. The van der Waals surface area contributed by atoms with Gasteiger partial charge in [0.1, 0.15) is 12.9 Å². The van der Waals surface area contributed by atoms with Crippen molar-refractivity contribution < 1.29 is 24.1 Å². The van der Waals surface area contributed by atoms with E-state index in [9.17, 15) is 5.11 Å². The van der Waals surface area contributed by atoms with E-state index in [2.05, 4.69) is 13.0 Å². The molecule has 1 saturated heterocycles. The Morgan fingerprint density at radius 3 is 2.94 bits per heavy atom. The third kappa shape index (κ3) is 2.33. The number of fused-ring (bicyclic) bond motifs is 1. The van der Waals surface area contributed by atoms with Gasteiger partial charge in [0, 0.05) is 14.2 Å². The van der Waals surface area contributed by atoms with E-state index in [1.54, 1.807) is 14.2 Å². The highest BCUT2D eigenvalue weighted by molar-refractivity contribution is 5.18. The number of hydrogen-bond donors (Lipinski definition) is 1. The van der Waals surface area contributed by atoms with E-state index >= 15 is 0 Å². The summed E-state index contributed by atoms with van der Waals surface area (Å²) >= 11 is 0. The molecular weight excluding hydrogens is 236 g/mol. The molecule has 2 rings (SSSR count). The molecule has 5 nitrogen and oxygen atoms in total. The topological polar surface area (TPSA) is 57.2 Å². The Balaban J connectivity index is 2.16. The Bertz CT molecular complexity index is 317. The number of hydrogen-bond acceptors (Lipinski definition) is 5. The summed E-state index contributed by atoms with van der Waals surface area (Å²) in [6.07, 6.45) is 2.45. The molecule has 4 atom stereocenters. The molecule has 5 heteroatoms. The van der Waals surface area contributed by atoms with Crippen LogP contribution in [0.2, 0.25) is 0 Å². The molecule has 0 unspecified atom stereocenters. The number of allylic oxidation sites excluding steroid dienone is 1. The van der Waals surface area contributed by atoms with Crippen molar-refractivity contribution in [2.24, 2.45) is 5.41 Å². The molecule has 0 amide bonds. The molecule has 0 saturated carbocycles. The largest absolute Gasteiger partial charge is 0.387 e. The highest BCUT2D eigenvalue weighted by Gasteiger charge is 2.56. The monoisotopic (exact) mass is 258 g/mol. The van der Waals surface area contributed by atoms with Crippen LogP contribution in [0, 0.1) is 5.41 Å². The second kappa shape index (κ2) is 5.67. The van der Waals surface area contributed by atoms with Gasteiger partial charge < -0.3 is 24.1 Å². The molecule has 2 aliphatic rings. The van der Waals surface area contributed by atoms with Crippen LogP contribution in [-0.4, -0.2) is 51.2 Å². The first-order valence-electron chi connectivity index (χ1n) is 6.24. The van der Waals surface area contributed by atoms with E-state index in [1.807, 2.05) is 0 Å². The van der Waals surface area contributed by atoms with E-state index in [0.717, 1.165) is 12.8 Å². The smallest absolute Gasteiger partial charge is 0.184 e. The fraction of sp³-hybridized carbons (Fsp3) is 0.846. The van der Waals surface area contributed by atoms with Gasteiger partial charge in [-0.2, -0.15) is 0 Å². The van der Waals surface area contributed by atoms with E-state index in [1.165, 1.54) is 5.57 Å². The zero-order valence-electron chi connectivity index (χ0n) is 11.2. The van der Waals surface area contributed by atoms with Crippen molar-refractivity contribution in [3.63, 3.8) is 0 Å². The molecular formula is C13H22O5. The molecule has 0 aromatic rings. The lowest BCUT2D eigenvalue weighted by atomic mass is 9.71. The van der Waals surface area contributed by atoms with Crippen molar-refractivity contribution >= 4 is 0 Å². The SMILES string of the molecule is COCOC[C@]12CCC(C)=C[C@H]1O[C@@H](OC)[C@@H]2O. The van der Waals surface area contributed by atoms with Crippen molar-refractivity contribution in [3.8, 4) is 0 Å². The molecule has 104 valence electrons. The van der Waals surface area contributed by atoms with Gasteiger partial charge in [0.2, 0.25) is 0 Å². The summed E-state index contributed by atoms with van der Waals surface area (Å²) in [6, 6.07) is 0. The van der Waals surface area contributed by atoms with Crippen LogP contribution in [0.1, 0.15) is 19.8 Å². The van der Waals surface area contributed by atoms with Gasteiger partial charge in [-0.15, -0.1) is 0 Å². The van der Waals surface area contributed by atoms with Crippen LogP contribution in [-0.2, 0) is 18.9 Å². The maximum Gasteiger partial charge on any atom is 0.184 e. The number of rotatable bonds is 5. The summed E-state index contributed by atoms with van der Waals surface area (Å²) < 4.78 is 21.3. The molecule has 0 spiro atoms. The highest BCUT2D eigenvalue weighted by Crippen LogP contribution is 2.47. The first-order valence-corrected chi connectivity index (χ1v) is 6.24. The summed E-state index contributed by atoms with van der Waals surface area (Å²) in [5, 5.41) is 10.4. The number of aliphatic hydroxyl groups is 1. The molecule has 0 radical (unpaired) electrons. The Kier molecular flexibility index (Phi) is 4.40. The Hall–Kier alpha value is -0.460. The van der Waals surface area contributed by atoms with Crippen molar-refractivity contribution in [1.29, 1.82) is 0 Å². The molecule has 0 bridgehead atoms. The van der Waals surface area contributed by atoms with Gasteiger partial charge in [-0.3, -0.25) is 0 Å². The third-order valence-electron chi connectivity index (χ3n) is 3.92. The normalized spacial score (nSPS) is 39.6. The minimum atomic E-state index is -0.672. The van der Waals surface area contributed by atoms with Crippen LogP contribution >= 0.6 is 0 Å². The van der Waals surface area contributed by atoms with Crippen molar-refractivity contribution in [2.45, 2.75) is 38.3 Å². The lowest BCUT2D eigenvalue weighted by Crippen LogP contribution is -2.46. The molecule has 0 aromatic carbocycles. The summed E-state index contributed by atoms with van der Waals surface area (Å²) in [7, 11) is 3.13. The zero-order valence-corrected chi connectivity index (χ0v) is 11.2. The molecule has 1 fully saturated rings. The summed E-state index contributed by atoms with van der Waals surface area (Å²) in [4.78, 5) is 0. The van der Waals surface area contributed by atoms with E-state index in [4.69, 9.17) is 18.9 Å². The molecule has 1 heterocycles. The fourth-order valence-corrected chi connectivity index (χ4v) is 2.80. The molecule has 1 aliphatic heterocycles. The fourth-order valence-electron chi connectivity index (χ4n) is 2.80. The Morgan fingerprint density at radius 1 is 1.50 bits per heavy atom. The second-order valence-corrected chi connectivity index (χ2v) is 5.11. The van der Waals surface area contributed by atoms with Crippen LogP contribution in [0.3, 0.4) is 0 Å². The van der Waals surface area contributed by atoms with Gasteiger partial charge in [-0.25, -0.2) is 0 Å². The lowest BCUT2D eigenvalue weighted by Gasteiger charge is -2.37. The van der Waals surface area contributed by atoms with Gasteiger partial charge >= 0.3 is 0 Å². The van der Waals surface area contributed by atoms with Gasteiger partial charge in [0.25, 0.3) is 0 Å². The van der Waals surface area contributed by atoms with E-state index in [0.29, 0.717) is 6.61 Å². The van der Waals surface area contributed by atoms with E-state index in [-0.39, 0.29) is 12.9 Å². The average Bonchev–Trinajstić information content (AvgIpc) is 2.63. The lowest BCUT2D eigenvalue weighted by molar-refractivity contribution is -0.145. The third-order valence-corrected chi connectivity index (χ3v) is 3.92. The maximum atomic E-state index is 10.4. The molecule has 18 heavy (non-hydrogen) atoms. The van der Waals surface area contributed by atoms with Gasteiger partial charge in [0.05, 0.1) is 18.1 Å². The van der Waals surface area contributed by atoms with Gasteiger partial charge in [-0.1, -0.05) is 11.6 Å². The number of ether oxygens (including phenoxy) is 4. The molecule has 0 aromatic heterocycles. The zero-order chi connectivity index (χ0) is 13.2. The van der Waals surface area contributed by atoms with Crippen LogP contribution < -0.4 is 0 Å². The highest BCUT2D eigenvalue weighted by atomic mass is 16.7. The summed E-state index contributed by atoms with van der Waals surface area (Å²) in [6.45, 7) is 2.72. The Labute approximate surface area is 108 Å². The second-order valence-electron chi connectivity index (χ2n) is 5.11. The van der Waals surface area contributed by atoms with Gasteiger partial charge in [0.15, 0.2) is 6.29 Å². The van der Waals surface area contributed by atoms with Crippen molar-refractivity contribution in [1.82, 2.24) is 0 Å². The first-order chi connectivity index (χ1) is 8.64. The van der Waals surface area contributed by atoms with Crippen molar-refractivity contribution in [2.75, 3.05) is 27.6 Å². The van der Waals surface area contributed by atoms with Crippen LogP contribution in [0.4, 0.5) is 0 Å². The standard InChI is InChI=1S/C13H22O5/c1-9-4-5-13(7-17-8-15-2)10(6-9)18-12(16-3)11(13)14/h6,10-12,14H,4-5,7-8H2,1-3H3/t10-,11+,12-,13-/m1/s1. The molecule has 1 aliphatic carbocycles. The average molecular weight is 258 g/mol. The van der Waals surface area contributed by atoms with Crippen LogP contribution in [0.5, 0.6) is 0 Å². The predicted molar refractivity (Wildman–Crippen MR) is 64.9 cm³/mol. The Morgan fingerprint density at radius 2 is 2.28 bits per heavy atom. The predicted octanol–water partition coefficient (Wildman–Crippen LogP) is 1.07. The van der Waals surface area contributed by atoms with Crippen LogP contribution in [0.15, 0.2) is 11.6 Å². The molecule has 1 N–H and O–H groups in total. The quantitative estimate of drug-likeness (QED) is 0.454.